The lowest BCUT2D eigenvalue weighted by Gasteiger charge is -2.22. The van der Waals surface area contributed by atoms with E-state index in [4.69, 9.17) is 9.47 Å². The van der Waals surface area contributed by atoms with Crippen molar-refractivity contribution in [3.05, 3.63) is 29.5 Å². The lowest BCUT2D eigenvalue weighted by atomic mass is 9.84. The molecular formula is C19H23N3O5. The second kappa shape index (κ2) is 8.11. The van der Waals surface area contributed by atoms with Crippen LogP contribution in [0.25, 0.3) is 10.9 Å². The minimum absolute atomic E-state index is 0.201. The summed E-state index contributed by atoms with van der Waals surface area (Å²) in [6, 6.07) is 4.87. The van der Waals surface area contributed by atoms with Crippen LogP contribution in [0.1, 0.15) is 54.1 Å². The molecular weight excluding hydrogens is 350 g/mol. The Hall–Kier alpha value is -3.03. The van der Waals surface area contributed by atoms with Crippen molar-refractivity contribution in [2.24, 2.45) is 5.73 Å². The smallest absolute Gasteiger partial charge is 0.337 e. The number of nitrogens with one attached hydrogen (secondary N) is 1. The number of aromatic nitrogens is 1. The quantitative estimate of drug-likeness (QED) is 0.743. The molecule has 8 heteroatoms. The standard InChI is InChI=1S/C17H17NO4.C2H6N2O/c19-17(20)12-6-11-7-14-15(22-9-21-14)8-13(11)18-16(12)10-4-2-1-3-5-10;1-4-2(3)5/h6-8,10H,1-5,9H2,(H,19,20);1H3,(H3,3,4,5). The van der Waals surface area contributed by atoms with Gasteiger partial charge >= 0.3 is 12.0 Å². The first-order chi connectivity index (χ1) is 13.0. The van der Waals surface area contributed by atoms with E-state index in [-0.39, 0.29) is 12.7 Å². The van der Waals surface area contributed by atoms with E-state index >= 15 is 0 Å². The van der Waals surface area contributed by atoms with Crippen LogP contribution in [0, 0.1) is 0 Å². The van der Waals surface area contributed by atoms with E-state index in [0.29, 0.717) is 17.1 Å². The molecule has 2 aliphatic rings. The number of ether oxygens (including phenoxy) is 2. The Bertz CT molecular complexity index is 862. The van der Waals surface area contributed by atoms with Crippen molar-refractivity contribution < 1.29 is 24.2 Å². The molecule has 1 aromatic heterocycles. The maximum absolute atomic E-state index is 11.6. The highest BCUT2D eigenvalue weighted by atomic mass is 16.7. The summed E-state index contributed by atoms with van der Waals surface area (Å²) in [4.78, 5) is 25.8. The highest BCUT2D eigenvalue weighted by molar-refractivity contribution is 5.95. The number of fused-ring (bicyclic) bond motifs is 2. The Balaban J connectivity index is 0.000000376. The summed E-state index contributed by atoms with van der Waals surface area (Å²) in [5, 5.41) is 12.5. The van der Waals surface area contributed by atoms with E-state index in [0.717, 1.165) is 42.3 Å². The van der Waals surface area contributed by atoms with Gasteiger partial charge in [0, 0.05) is 24.4 Å². The first-order valence-electron chi connectivity index (χ1n) is 8.94. The first kappa shape index (κ1) is 18.8. The molecule has 1 saturated carbocycles. The van der Waals surface area contributed by atoms with Crippen LogP contribution in [0.3, 0.4) is 0 Å². The Labute approximate surface area is 156 Å². The molecule has 27 heavy (non-hydrogen) atoms. The van der Waals surface area contributed by atoms with Gasteiger partial charge in [-0.3, -0.25) is 4.98 Å². The number of aromatic carboxylic acids is 1. The number of benzene rings is 1. The van der Waals surface area contributed by atoms with Gasteiger partial charge in [0.1, 0.15) is 0 Å². The molecule has 2 amide bonds. The average molecular weight is 373 g/mol. The van der Waals surface area contributed by atoms with Crippen LogP contribution in [-0.2, 0) is 0 Å². The number of rotatable bonds is 2. The van der Waals surface area contributed by atoms with Crippen molar-refractivity contribution >= 4 is 22.9 Å². The van der Waals surface area contributed by atoms with Gasteiger partial charge in [-0.15, -0.1) is 0 Å². The number of hydrogen-bond donors (Lipinski definition) is 3. The monoisotopic (exact) mass is 373 g/mol. The summed E-state index contributed by atoms with van der Waals surface area (Å²) >= 11 is 0. The van der Waals surface area contributed by atoms with Gasteiger partial charge in [0.25, 0.3) is 0 Å². The minimum atomic E-state index is -0.910. The van der Waals surface area contributed by atoms with Gasteiger partial charge in [-0.2, -0.15) is 0 Å². The molecule has 0 unspecified atom stereocenters. The van der Waals surface area contributed by atoms with Crippen molar-refractivity contribution in [1.29, 1.82) is 0 Å². The maximum Gasteiger partial charge on any atom is 0.337 e. The highest BCUT2D eigenvalue weighted by Gasteiger charge is 2.24. The van der Waals surface area contributed by atoms with Gasteiger partial charge in [0.2, 0.25) is 6.79 Å². The number of carbonyl (C=O) groups is 2. The fraction of sp³-hybridized carbons (Fsp3) is 0.421. The molecule has 2 aromatic rings. The molecule has 1 aliphatic heterocycles. The Morgan fingerprint density at radius 2 is 1.78 bits per heavy atom. The normalized spacial score (nSPS) is 15.7. The summed E-state index contributed by atoms with van der Waals surface area (Å²) < 4.78 is 10.7. The molecule has 1 fully saturated rings. The van der Waals surface area contributed by atoms with Crippen molar-refractivity contribution in [3.63, 3.8) is 0 Å². The number of primary amides is 1. The lowest BCUT2D eigenvalue weighted by molar-refractivity contribution is 0.0694. The van der Waals surface area contributed by atoms with Gasteiger partial charge in [0.15, 0.2) is 11.5 Å². The van der Waals surface area contributed by atoms with E-state index in [1.54, 1.807) is 6.07 Å². The fourth-order valence-electron chi connectivity index (χ4n) is 3.44. The molecule has 0 atom stereocenters. The number of carbonyl (C=O) groups excluding carboxylic acids is 1. The molecule has 0 bridgehead atoms. The summed E-state index contributed by atoms with van der Waals surface area (Å²) in [5.74, 6) is 0.663. The minimum Gasteiger partial charge on any atom is -0.478 e. The van der Waals surface area contributed by atoms with Gasteiger partial charge in [-0.05, 0) is 25.0 Å². The molecule has 144 valence electrons. The molecule has 0 saturated heterocycles. The number of pyridine rings is 1. The van der Waals surface area contributed by atoms with Crippen LogP contribution in [0.15, 0.2) is 18.2 Å². The van der Waals surface area contributed by atoms with Gasteiger partial charge < -0.3 is 25.6 Å². The lowest BCUT2D eigenvalue weighted by Crippen LogP contribution is -2.24. The average Bonchev–Trinajstić information content (AvgIpc) is 3.13. The van der Waals surface area contributed by atoms with Crippen LogP contribution >= 0.6 is 0 Å². The van der Waals surface area contributed by atoms with Gasteiger partial charge in [0.05, 0.1) is 16.8 Å². The van der Waals surface area contributed by atoms with E-state index < -0.39 is 12.0 Å². The van der Waals surface area contributed by atoms with Crippen LogP contribution in [0.4, 0.5) is 4.79 Å². The molecule has 8 nitrogen and oxygen atoms in total. The number of amides is 2. The van der Waals surface area contributed by atoms with E-state index in [1.807, 2.05) is 12.1 Å². The van der Waals surface area contributed by atoms with Crippen LogP contribution in [-0.4, -0.2) is 35.9 Å². The largest absolute Gasteiger partial charge is 0.478 e. The number of carboxylic acid groups (broad SMARTS) is 1. The van der Waals surface area contributed by atoms with Crippen LogP contribution in [0.5, 0.6) is 11.5 Å². The van der Waals surface area contributed by atoms with Crippen LogP contribution in [0.2, 0.25) is 0 Å². The predicted molar refractivity (Wildman–Crippen MR) is 99.3 cm³/mol. The summed E-state index contributed by atoms with van der Waals surface area (Å²) in [5.41, 5.74) is 6.35. The Kier molecular flexibility index (Phi) is 5.63. The maximum atomic E-state index is 11.6. The topological polar surface area (TPSA) is 124 Å². The van der Waals surface area contributed by atoms with Crippen molar-refractivity contribution in [2.45, 2.75) is 38.0 Å². The molecule has 0 spiro atoms. The zero-order chi connectivity index (χ0) is 19.4. The predicted octanol–water partition coefficient (Wildman–Crippen LogP) is 2.99. The number of carboxylic acids is 1. The third-order valence-corrected chi connectivity index (χ3v) is 4.81. The molecule has 2 heterocycles. The van der Waals surface area contributed by atoms with E-state index in [1.165, 1.54) is 13.5 Å². The molecule has 0 radical (unpaired) electrons. The SMILES string of the molecule is CNC(N)=O.O=C(O)c1cc2cc3c(cc2nc1C1CCCCC1)OCO3. The summed E-state index contributed by atoms with van der Waals surface area (Å²) in [7, 11) is 1.47. The Morgan fingerprint density at radius 1 is 1.15 bits per heavy atom. The third-order valence-electron chi connectivity index (χ3n) is 4.81. The van der Waals surface area contributed by atoms with Crippen LogP contribution < -0.4 is 20.5 Å². The number of urea groups is 1. The fourth-order valence-corrected chi connectivity index (χ4v) is 3.44. The second-order valence-corrected chi connectivity index (χ2v) is 6.57. The number of hydrogen-bond acceptors (Lipinski definition) is 5. The second-order valence-electron chi connectivity index (χ2n) is 6.57. The van der Waals surface area contributed by atoms with Crippen molar-refractivity contribution in [2.75, 3.05) is 13.8 Å². The van der Waals surface area contributed by atoms with Crippen molar-refractivity contribution in [1.82, 2.24) is 10.3 Å². The number of nitrogens with two attached hydrogens (primary N) is 1. The number of nitrogens with zero attached hydrogens (tertiary/aromatic N) is 1. The Morgan fingerprint density at radius 3 is 2.37 bits per heavy atom. The summed E-state index contributed by atoms with van der Waals surface area (Å²) in [6.07, 6.45) is 5.55. The van der Waals surface area contributed by atoms with Gasteiger partial charge in [-0.25, -0.2) is 9.59 Å². The zero-order valence-electron chi connectivity index (χ0n) is 15.2. The molecule has 1 aliphatic carbocycles. The highest BCUT2D eigenvalue weighted by Crippen LogP contribution is 2.38. The third kappa shape index (κ3) is 4.21. The summed E-state index contributed by atoms with van der Waals surface area (Å²) in [6.45, 7) is 0.201. The zero-order valence-corrected chi connectivity index (χ0v) is 15.2. The molecule has 1 aromatic carbocycles. The molecule has 4 rings (SSSR count). The first-order valence-corrected chi connectivity index (χ1v) is 8.94. The van der Waals surface area contributed by atoms with E-state index in [2.05, 4.69) is 16.0 Å². The van der Waals surface area contributed by atoms with E-state index in [9.17, 15) is 14.7 Å². The van der Waals surface area contributed by atoms with Crippen molar-refractivity contribution in [3.8, 4) is 11.5 Å². The van der Waals surface area contributed by atoms with Gasteiger partial charge in [-0.1, -0.05) is 19.3 Å². The molecule has 4 N–H and O–H groups in total.